The molecule has 0 atom stereocenters. The summed E-state index contributed by atoms with van der Waals surface area (Å²) in [7, 11) is 0. The van der Waals surface area contributed by atoms with Crippen molar-refractivity contribution >= 4 is 37.5 Å². The summed E-state index contributed by atoms with van der Waals surface area (Å²) in [6.45, 7) is 0. The minimum atomic E-state index is 0.462. The van der Waals surface area contributed by atoms with Crippen LogP contribution in [0, 0.1) is 0 Å². The third-order valence-corrected chi connectivity index (χ3v) is 3.60. The van der Waals surface area contributed by atoms with E-state index >= 15 is 0 Å². The summed E-state index contributed by atoms with van der Waals surface area (Å²) >= 11 is 6.87. The molecule has 3 aromatic rings. The van der Waals surface area contributed by atoms with E-state index in [2.05, 4.69) is 42.0 Å². The molecule has 6 heteroatoms. The van der Waals surface area contributed by atoms with Crippen LogP contribution in [0.1, 0.15) is 0 Å². The lowest BCUT2D eigenvalue weighted by Gasteiger charge is -1.97. The van der Waals surface area contributed by atoms with Crippen molar-refractivity contribution in [2.24, 2.45) is 0 Å². The lowest BCUT2D eigenvalue weighted by Crippen LogP contribution is -1.86. The third-order valence-electron chi connectivity index (χ3n) is 2.68. The van der Waals surface area contributed by atoms with Gasteiger partial charge in [-0.15, -0.1) is 0 Å². The van der Waals surface area contributed by atoms with Crippen molar-refractivity contribution < 1.29 is 4.52 Å². The highest BCUT2D eigenvalue weighted by Crippen LogP contribution is 2.28. The van der Waals surface area contributed by atoms with Gasteiger partial charge in [0.2, 0.25) is 5.82 Å². The molecule has 2 aromatic carbocycles. The van der Waals surface area contributed by atoms with E-state index in [-0.39, 0.29) is 0 Å². The molecular weight excluding hydrogens is 386 g/mol. The van der Waals surface area contributed by atoms with Crippen LogP contribution in [-0.2, 0) is 0 Å². The zero-order valence-electron chi connectivity index (χ0n) is 10.2. The molecule has 0 aliphatic heterocycles. The molecule has 4 nitrogen and oxygen atoms in total. The Bertz CT molecular complexity index is 750. The fourth-order valence-corrected chi connectivity index (χ4v) is 3.11. The minimum Gasteiger partial charge on any atom is -0.399 e. The van der Waals surface area contributed by atoms with Gasteiger partial charge in [-0.1, -0.05) is 49.1 Å². The molecule has 0 aliphatic rings. The Labute approximate surface area is 132 Å². The SMILES string of the molecule is Nc1cccc(-c2noc(-c3cc(Br)cc(Br)c3)n2)c1. The van der Waals surface area contributed by atoms with Gasteiger partial charge in [-0.25, -0.2) is 0 Å². The number of nitrogen functional groups attached to an aromatic ring is 1. The molecule has 1 heterocycles. The summed E-state index contributed by atoms with van der Waals surface area (Å²) in [6.07, 6.45) is 0. The van der Waals surface area contributed by atoms with Gasteiger partial charge in [0.25, 0.3) is 5.89 Å². The summed E-state index contributed by atoms with van der Waals surface area (Å²) in [5.74, 6) is 0.979. The number of nitrogens with two attached hydrogens (primary N) is 1. The molecule has 0 radical (unpaired) electrons. The van der Waals surface area contributed by atoms with Crippen molar-refractivity contribution in [3.8, 4) is 22.8 Å². The maximum absolute atomic E-state index is 5.76. The first-order valence-corrected chi connectivity index (χ1v) is 7.36. The summed E-state index contributed by atoms with van der Waals surface area (Å²) in [6, 6.07) is 13.2. The summed E-state index contributed by atoms with van der Waals surface area (Å²) in [5.41, 5.74) is 8.09. The maximum atomic E-state index is 5.76. The largest absolute Gasteiger partial charge is 0.399 e. The monoisotopic (exact) mass is 393 g/mol. The number of halogens is 2. The predicted molar refractivity (Wildman–Crippen MR) is 85.0 cm³/mol. The highest BCUT2D eigenvalue weighted by Gasteiger charge is 2.11. The van der Waals surface area contributed by atoms with Crippen LogP contribution in [0.25, 0.3) is 22.8 Å². The van der Waals surface area contributed by atoms with Crippen LogP contribution in [0.15, 0.2) is 55.9 Å². The van der Waals surface area contributed by atoms with Gasteiger partial charge in [0.05, 0.1) is 0 Å². The van der Waals surface area contributed by atoms with E-state index in [1.807, 2.05) is 42.5 Å². The number of hydrogen-bond donors (Lipinski definition) is 1. The van der Waals surface area contributed by atoms with E-state index in [9.17, 15) is 0 Å². The van der Waals surface area contributed by atoms with Crippen LogP contribution in [0.4, 0.5) is 5.69 Å². The highest BCUT2D eigenvalue weighted by atomic mass is 79.9. The normalized spacial score (nSPS) is 10.7. The summed E-state index contributed by atoms with van der Waals surface area (Å²) in [5, 5.41) is 3.99. The standard InChI is InChI=1S/C14H9Br2N3O/c15-10-4-9(5-11(16)7-10)14-18-13(19-20-14)8-2-1-3-12(17)6-8/h1-7H,17H2. The molecule has 0 saturated heterocycles. The maximum Gasteiger partial charge on any atom is 0.258 e. The summed E-state index contributed by atoms with van der Waals surface area (Å²) < 4.78 is 7.18. The molecule has 20 heavy (non-hydrogen) atoms. The van der Waals surface area contributed by atoms with Crippen LogP contribution in [0.2, 0.25) is 0 Å². The zero-order valence-corrected chi connectivity index (χ0v) is 13.3. The first-order chi connectivity index (χ1) is 9.61. The number of nitrogens with zero attached hydrogens (tertiary/aromatic N) is 2. The number of aromatic nitrogens is 2. The molecule has 0 spiro atoms. The first-order valence-electron chi connectivity index (χ1n) is 5.78. The van der Waals surface area contributed by atoms with Gasteiger partial charge in [0.1, 0.15) is 0 Å². The lowest BCUT2D eigenvalue weighted by molar-refractivity contribution is 0.432. The molecule has 100 valence electrons. The second-order valence-electron chi connectivity index (χ2n) is 4.21. The van der Waals surface area contributed by atoms with Gasteiger partial charge in [-0.2, -0.15) is 4.98 Å². The van der Waals surface area contributed by atoms with Crippen LogP contribution in [0.5, 0.6) is 0 Å². The molecular formula is C14H9Br2N3O. The average Bonchev–Trinajstić information content (AvgIpc) is 2.87. The average molecular weight is 395 g/mol. The van der Waals surface area contributed by atoms with E-state index in [0.29, 0.717) is 17.4 Å². The fourth-order valence-electron chi connectivity index (χ4n) is 1.81. The number of rotatable bonds is 2. The first kappa shape index (κ1) is 13.3. The molecule has 0 unspecified atom stereocenters. The second-order valence-corrected chi connectivity index (χ2v) is 6.04. The number of hydrogen-bond acceptors (Lipinski definition) is 4. The van der Waals surface area contributed by atoms with Gasteiger partial charge < -0.3 is 10.3 Å². The van der Waals surface area contributed by atoms with Crippen molar-refractivity contribution in [2.45, 2.75) is 0 Å². The quantitative estimate of drug-likeness (QED) is 0.649. The molecule has 3 rings (SSSR count). The van der Waals surface area contributed by atoms with Crippen molar-refractivity contribution in [1.29, 1.82) is 0 Å². The van der Waals surface area contributed by atoms with Crippen molar-refractivity contribution in [1.82, 2.24) is 10.1 Å². The van der Waals surface area contributed by atoms with Gasteiger partial charge in [0, 0.05) is 25.8 Å². The molecule has 1 aromatic heterocycles. The van der Waals surface area contributed by atoms with Crippen molar-refractivity contribution in [3.63, 3.8) is 0 Å². The molecule has 0 fully saturated rings. The van der Waals surface area contributed by atoms with E-state index in [1.54, 1.807) is 0 Å². The van der Waals surface area contributed by atoms with Crippen molar-refractivity contribution in [3.05, 3.63) is 51.4 Å². The van der Waals surface area contributed by atoms with Crippen LogP contribution in [-0.4, -0.2) is 10.1 Å². The second kappa shape index (κ2) is 5.38. The Hall–Kier alpha value is -1.66. The zero-order chi connectivity index (χ0) is 14.1. The Balaban J connectivity index is 2.02. The van der Waals surface area contributed by atoms with E-state index < -0.39 is 0 Å². The van der Waals surface area contributed by atoms with Gasteiger partial charge in [-0.05, 0) is 30.3 Å². The highest BCUT2D eigenvalue weighted by molar-refractivity contribution is 9.11. The number of benzene rings is 2. The summed E-state index contributed by atoms with van der Waals surface area (Å²) in [4.78, 5) is 4.40. The predicted octanol–water partition coefficient (Wildman–Crippen LogP) is 4.51. The van der Waals surface area contributed by atoms with E-state index in [1.165, 1.54) is 0 Å². The minimum absolute atomic E-state index is 0.462. The van der Waals surface area contributed by atoms with Gasteiger partial charge in [0.15, 0.2) is 0 Å². The Morgan fingerprint density at radius 3 is 2.40 bits per heavy atom. The Kier molecular flexibility index (Phi) is 3.58. The topological polar surface area (TPSA) is 64.9 Å². The van der Waals surface area contributed by atoms with Crippen LogP contribution >= 0.6 is 31.9 Å². The fraction of sp³-hybridized carbons (Fsp3) is 0. The van der Waals surface area contributed by atoms with Crippen molar-refractivity contribution in [2.75, 3.05) is 5.73 Å². The molecule has 0 bridgehead atoms. The van der Waals surface area contributed by atoms with Gasteiger partial charge in [-0.3, -0.25) is 0 Å². The smallest absolute Gasteiger partial charge is 0.258 e. The van der Waals surface area contributed by atoms with Gasteiger partial charge >= 0.3 is 0 Å². The third kappa shape index (κ3) is 2.76. The van der Waals surface area contributed by atoms with Crippen LogP contribution < -0.4 is 5.73 Å². The molecule has 2 N–H and O–H groups in total. The number of anilines is 1. The van der Waals surface area contributed by atoms with Crippen LogP contribution in [0.3, 0.4) is 0 Å². The Morgan fingerprint density at radius 2 is 1.70 bits per heavy atom. The van der Waals surface area contributed by atoms with E-state index in [0.717, 1.165) is 20.1 Å². The Morgan fingerprint density at radius 1 is 0.950 bits per heavy atom. The molecule has 0 saturated carbocycles. The molecule has 0 amide bonds. The lowest BCUT2D eigenvalue weighted by atomic mass is 10.2. The molecule has 0 aliphatic carbocycles. The van der Waals surface area contributed by atoms with E-state index in [4.69, 9.17) is 10.3 Å².